The van der Waals surface area contributed by atoms with E-state index in [9.17, 15) is 4.79 Å². The zero-order chi connectivity index (χ0) is 18.5. The molecule has 1 unspecified atom stereocenters. The van der Waals surface area contributed by atoms with E-state index in [1.54, 1.807) is 18.5 Å². The van der Waals surface area contributed by atoms with Crippen molar-refractivity contribution in [3.05, 3.63) is 18.5 Å². The Morgan fingerprint density at radius 1 is 1.15 bits per heavy atom. The van der Waals surface area contributed by atoms with E-state index < -0.39 is 0 Å². The third-order valence-corrected chi connectivity index (χ3v) is 5.75. The van der Waals surface area contributed by atoms with E-state index in [1.165, 1.54) is 0 Å². The van der Waals surface area contributed by atoms with Crippen LogP contribution in [0.3, 0.4) is 0 Å². The predicted octanol–water partition coefficient (Wildman–Crippen LogP) is 0.728. The fourth-order valence-electron chi connectivity index (χ4n) is 4.14. The minimum Gasteiger partial charge on any atom is -0.460 e. The Morgan fingerprint density at radius 3 is 2.63 bits per heavy atom. The van der Waals surface area contributed by atoms with Gasteiger partial charge in [0.15, 0.2) is 0 Å². The van der Waals surface area contributed by atoms with Crippen LogP contribution >= 0.6 is 0 Å². The van der Waals surface area contributed by atoms with Crippen molar-refractivity contribution >= 4 is 5.91 Å². The molecular weight excluding hydrogens is 348 g/mol. The van der Waals surface area contributed by atoms with Gasteiger partial charge in [0.2, 0.25) is 5.91 Å². The Kier molecular flexibility index (Phi) is 5.85. The molecule has 0 aromatic carbocycles. The first-order valence-corrected chi connectivity index (χ1v) is 9.88. The van der Waals surface area contributed by atoms with E-state index >= 15 is 0 Å². The van der Waals surface area contributed by atoms with Gasteiger partial charge in [-0.25, -0.2) is 9.97 Å². The Balaban J connectivity index is 1.27. The molecule has 0 bridgehead atoms. The van der Waals surface area contributed by atoms with Gasteiger partial charge in [-0.3, -0.25) is 9.69 Å². The molecule has 8 heteroatoms. The lowest BCUT2D eigenvalue weighted by molar-refractivity contribution is -0.153. The lowest BCUT2D eigenvalue weighted by atomic mass is 9.83. The third kappa shape index (κ3) is 4.75. The van der Waals surface area contributed by atoms with Gasteiger partial charge >= 0.3 is 6.01 Å². The lowest BCUT2D eigenvalue weighted by Gasteiger charge is -2.46. The van der Waals surface area contributed by atoms with Crippen molar-refractivity contribution < 1.29 is 19.0 Å². The van der Waals surface area contributed by atoms with Crippen LogP contribution in [0.25, 0.3) is 0 Å². The molecule has 8 nitrogen and oxygen atoms in total. The number of ether oxygens (including phenoxy) is 3. The van der Waals surface area contributed by atoms with Crippen LogP contribution in [0.1, 0.15) is 25.7 Å². The second kappa shape index (κ2) is 8.50. The standard InChI is InChI=1S/C19H28N4O4/c24-17(15-22-9-12-25-13-10-22)23-7-3-19(4-8-23)14-16(2-11-26-19)27-18-20-5-1-6-21-18/h1,5-6,16H,2-4,7-15H2. The fourth-order valence-corrected chi connectivity index (χ4v) is 4.14. The molecule has 3 saturated heterocycles. The van der Waals surface area contributed by atoms with E-state index in [2.05, 4.69) is 14.9 Å². The minimum atomic E-state index is -0.187. The van der Waals surface area contributed by atoms with Crippen molar-refractivity contribution in [1.82, 2.24) is 19.8 Å². The van der Waals surface area contributed by atoms with Gasteiger partial charge in [-0.2, -0.15) is 0 Å². The van der Waals surface area contributed by atoms with Gasteiger partial charge < -0.3 is 19.1 Å². The van der Waals surface area contributed by atoms with E-state index in [4.69, 9.17) is 14.2 Å². The second-order valence-corrected chi connectivity index (χ2v) is 7.56. The molecule has 0 saturated carbocycles. The first-order valence-electron chi connectivity index (χ1n) is 9.88. The SMILES string of the molecule is O=C(CN1CCOCC1)N1CCC2(CC1)CC(Oc1ncccn1)CCO2. The normalized spacial score (nSPS) is 26.1. The van der Waals surface area contributed by atoms with Gasteiger partial charge in [-0.1, -0.05) is 0 Å². The minimum absolute atomic E-state index is 0.0664. The van der Waals surface area contributed by atoms with Crippen molar-refractivity contribution in [3.63, 3.8) is 0 Å². The number of nitrogens with zero attached hydrogens (tertiary/aromatic N) is 4. The van der Waals surface area contributed by atoms with Crippen LogP contribution in [0.5, 0.6) is 6.01 Å². The van der Waals surface area contributed by atoms with Gasteiger partial charge in [0.05, 0.1) is 32.0 Å². The molecule has 1 amide bonds. The van der Waals surface area contributed by atoms with Crippen molar-refractivity contribution in [2.24, 2.45) is 0 Å². The lowest BCUT2D eigenvalue weighted by Crippen LogP contribution is -2.54. The molecule has 0 aliphatic carbocycles. The van der Waals surface area contributed by atoms with Crippen LogP contribution in [0.2, 0.25) is 0 Å². The van der Waals surface area contributed by atoms with E-state index in [-0.39, 0.29) is 17.6 Å². The molecule has 3 aliphatic rings. The number of amides is 1. The van der Waals surface area contributed by atoms with Gasteiger partial charge in [0.25, 0.3) is 0 Å². The summed E-state index contributed by atoms with van der Waals surface area (Å²) in [4.78, 5) is 25.1. The highest BCUT2D eigenvalue weighted by Gasteiger charge is 2.42. The maximum absolute atomic E-state index is 12.6. The predicted molar refractivity (Wildman–Crippen MR) is 97.4 cm³/mol. The molecule has 0 radical (unpaired) electrons. The van der Waals surface area contributed by atoms with E-state index in [0.29, 0.717) is 19.2 Å². The Labute approximate surface area is 159 Å². The Bertz CT molecular complexity index is 615. The summed E-state index contributed by atoms with van der Waals surface area (Å²) in [5, 5.41) is 0. The third-order valence-electron chi connectivity index (χ3n) is 5.75. The number of aromatic nitrogens is 2. The van der Waals surface area contributed by atoms with Crippen LogP contribution in [0.4, 0.5) is 0 Å². The maximum Gasteiger partial charge on any atom is 0.316 e. The van der Waals surface area contributed by atoms with Crippen LogP contribution in [0, 0.1) is 0 Å². The van der Waals surface area contributed by atoms with Gasteiger partial charge in [0.1, 0.15) is 6.10 Å². The zero-order valence-electron chi connectivity index (χ0n) is 15.7. The summed E-state index contributed by atoms with van der Waals surface area (Å²) in [7, 11) is 0. The smallest absolute Gasteiger partial charge is 0.316 e. The molecule has 27 heavy (non-hydrogen) atoms. The highest BCUT2D eigenvalue weighted by Crippen LogP contribution is 2.36. The molecule has 1 spiro atoms. The van der Waals surface area contributed by atoms with Crippen LogP contribution in [-0.4, -0.2) is 89.9 Å². The van der Waals surface area contributed by atoms with Crippen molar-refractivity contribution in [3.8, 4) is 6.01 Å². The molecule has 3 fully saturated rings. The zero-order valence-corrected chi connectivity index (χ0v) is 15.7. The number of carbonyl (C=O) groups is 1. The topological polar surface area (TPSA) is 77.0 Å². The van der Waals surface area contributed by atoms with Crippen LogP contribution < -0.4 is 4.74 Å². The highest BCUT2D eigenvalue weighted by molar-refractivity contribution is 5.78. The summed E-state index contributed by atoms with van der Waals surface area (Å²) in [6.45, 7) is 5.79. The first kappa shape index (κ1) is 18.6. The Hall–Kier alpha value is -1.77. The molecule has 148 valence electrons. The fraction of sp³-hybridized carbons (Fsp3) is 0.737. The van der Waals surface area contributed by atoms with Crippen molar-refractivity contribution in [2.75, 3.05) is 52.5 Å². The van der Waals surface area contributed by atoms with Crippen molar-refractivity contribution in [1.29, 1.82) is 0 Å². The number of carbonyl (C=O) groups excluding carboxylic acids is 1. The molecule has 4 rings (SSSR count). The van der Waals surface area contributed by atoms with Crippen LogP contribution in [0.15, 0.2) is 18.5 Å². The number of hydrogen-bond acceptors (Lipinski definition) is 7. The Morgan fingerprint density at radius 2 is 1.89 bits per heavy atom. The number of piperidine rings is 1. The largest absolute Gasteiger partial charge is 0.460 e. The number of rotatable bonds is 4. The summed E-state index contributed by atoms with van der Waals surface area (Å²) in [6.07, 6.45) is 6.84. The summed E-state index contributed by atoms with van der Waals surface area (Å²) in [5.74, 6) is 0.216. The average Bonchev–Trinajstić information content (AvgIpc) is 2.70. The quantitative estimate of drug-likeness (QED) is 0.767. The van der Waals surface area contributed by atoms with E-state index in [1.807, 2.05) is 4.90 Å². The summed E-state index contributed by atoms with van der Waals surface area (Å²) >= 11 is 0. The van der Waals surface area contributed by atoms with Crippen molar-refractivity contribution in [2.45, 2.75) is 37.4 Å². The molecule has 4 heterocycles. The first-order chi connectivity index (χ1) is 13.2. The molecule has 1 atom stereocenters. The number of likely N-dealkylation sites (tertiary alicyclic amines) is 1. The summed E-state index contributed by atoms with van der Waals surface area (Å²) < 4.78 is 17.5. The average molecular weight is 376 g/mol. The van der Waals surface area contributed by atoms with E-state index in [0.717, 1.165) is 65.1 Å². The van der Waals surface area contributed by atoms with Crippen LogP contribution in [-0.2, 0) is 14.3 Å². The molecule has 0 N–H and O–H groups in total. The number of hydrogen-bond donors (Lipinski definition) is 0. The molecule has 3 aliphatic heterocycles. The molecule has 1 aromatic rings. The summed E-state index contributed by atoms with van der Waals surface area (Å²) in [5.41, 5.74) is -0.187. The molecule has 1 aromatic heterocycles. The second-order valence-electron chi connectivity index (χ2n) is 7.56. The maximum atomic E-state index is 12.6. The summed E-state index contributed by atoms with van der Waals surface area (Å²) in [6, 6.07) is 2.21. The van der Waals surface area contributed by atoms with Gasteiger partial charge in [-0.05, 0) is 18.9 Å². The van der Waals surface area contributed by atoms with Gasteiger partial charge in [0, 0.05) is 51.4 Å². The monoisotopic (exact) mass is 376 g/mol. The highest BCUT2D eigenvalue weighted by atomic mass is 16.5. The van der Waals surface area contributed by atoms with Gasteiger partial charge in [-0.15, -0.1) is 0 Å². The number of morpholine rings is 1. The molecular formula is C19H28N4O4.